The molecular weight excluding hydrogens is 248 g/mol. The predicted octanol–water partition coefficient (Wildman–Crippen LogP) is 2.74. The number of aromatic nitrogens is 2. The average molecular weight is 278 g/mol. The van der Waals surface area contributed by atoms with Gasteiger partial charge in [0, 0.05) is 36.8 Å². The Morgan fingerprint density at radius 2 is 2.10 bits per heavy atom. The highest BCUT2D eigenvalue weighted by molar-refractivity contribution is 5.21. The lowest BCUT2D eigenvalue weighted by atomic mass is 9.79. The van der Waals surface area contributed by atoms with Crippen LogP contribution in [0.3, 0.4) is 0 Å². The Balaban J connectivity index is 1.91. The van der Waals surface area contributed by atoms with Gasteiger partial charge < -0.3 is 10.2 Å². The summed E-state index contributed by atoms with van der Waals surface area (Å²) in [6, 6.07) is 0. The number of hydrogen-bond donors (Lipinski definition) is 2. The highest BCUT2D eigenvalue weighted by atomic mass is 15.1. The molecule has 0 aromatic carbocycles. The van der Waals surface area contributed by atoms with Crippen molar-refractivity contribution in [3.05, 3.63) is 17.5 Å². The molecule has 0 saturated heterocycles. The van der Waals surface area contributed by atoms with E-state index in [1.54, 1.807) is 0 Å². The van der Waals surface area contributed by atoms with E-state index >= 15 is 0 Å². The first-order valence-electron chi connectivity index (χ1n) is 8.09. The van der Waals surface area contributed by atoms with E-state index < -0.39 is 0 Å². The monoisotopic (exact) mass is 278 g/mol. The van der Waals surface area contributed by atoms with E-state index in [9.17, 15) is 0 Å². The normalized spacial score (nSPS) is 23.4. The van der Waals surface area contributed by atoms with Gasteiger partial charge in [0.25, 0.3) is 0 Å². The molecule has 0 bridgehead atoms. The van der Waals surface area contributed by atoms with Crippen molar-refractivity contribution in [2.75, 3.05) is 27.2 Å². The second kappa shape index (κ2) is 7.79. The summed E-state index contributed by atoms with van der Waals surface area (Å²) >= 11 is 0. The van der Waals surface area contributed by atoms with Crippen molar-refractivity contribution in [2.45, 2.75) is 51.5 Å². The Kier molecular flexibility index (Phi) is 6.05. The van der Waals surface area contributed by atoms with Gasteiger partial charge in [-0.1, -0.05) is 13.3 Å². The Morgan fingerprint density at radius 1 is 1.35 bits per heavy atom. The maximum atomic E-state index is 4.30. The standard InChI is InChI=1S/C16H30N4/c1-4-13-5-7-14(8-6-13)16-15(11-18-19-16)12-20(3)10-9-17-2/h11,13-14,17H,4-10,12H2,1-3H3,(H,18,19). The van der Waals surface area contributed by atoms with Crippen molar-refractivity contribution in [1.82, 2.24) is 20.4 Å². The number of nitrogens with one attached hydrogen (secondary N) is 2. The second-order valence-corrected chi connectivity index (χ2v) is 6.28. The summed E-state index contributed by atoms with van der Waals surface area (Å²) in [6.07, 6.45) is 8.79. The van der Waals surface area contributed by atoms with Gasteiger partial charge in [-0.2, -0.15) is 5.10 Å². The minimum absolute atomic E-state index is 0.702. The molecule has 0 amide bonds. The summed E-state index contributed by atoms with van der Waals surface area (Å²) in [7, 11) is 4.19. The van der Waals surface area contributed by atoms with Gasteiger partial charge in [0.2, 0.25) is 0 Å². The molecule has 4 heteroatoms. The Bertz CT molecular complexity index is 380. The third-order valence-corrected chi connectivity index (χ3v) is 4.77. The van der Waals surface area contributed by atoms with Crippen LogP contribution in [0.2, 0.25) is 0 Å². The molecule has 2 rings (SSSR count). The molecule has 1 aromatic rings. The van der Waals surface area contributed by atoms with Crippen LogP contribution in [-0.2, 0) is 6.54 Å². The largest absolute Gasteiger partial charge is 0.318 e. The molecule has 1 aliphatic rings. The molecule has 1 aliphatic carbocycles. The number of likely N-dealkylation sites (N-methyl/N-ethyl adjacent to an activating group) is 2. The summed E-state index contributed by atoms with van der Waals surface area (Å²) in [5.41, 5.74) is 2.79. The van der Waals surface area contributed by atoms with Gasteiger partial charge in [0.15, 0.2) is 0 Å². The van der Waals surface area contributed by atoms with Gasteiger partial charge in [0.1, 0.15) is 0 Å². The first-order chi connectivity index (χ1) is 9.74. The first-order valence-corrected chi connectivity index (χ1v) is 8.09. The number of rotatable bonds is 7. The number of H-pyrrole nitrogens is 1. The van der Waals surface area contributed by atoms with Crippen molar-refractivity contribution in [3.63, 3.8) is 0 Å². The third kappa shape index (κ3) is 4.06. The van der Waals surface area contributed by atoms with Crippen molar-refractivity contribution in [3.8, 4) is 0 Å². The lowest BCUT2D eigenvalue weighted by Gasteiger charge is -2.28. The third-order valence-electron chi connectivity index (χ3n) is 4.77. The first kappa shape index (κ1) is 15.5. The zero-order valence-electron chi connectivity index (χ0n) is 13.3. The fourth-order valence-corrected chi connectivity index (χ4v) is 3.33. The van der Waals surface area contributed by atoms with Crippen molar-refractivity contribution in [1.29, 1.82) is 0 Å². The topological polar surface area (TPSA) is 44.0 Å². The van der Waals surface area contributed by atoms with Crippen LogP contribution >= 0.6 is 0 Å². The van der Waals surface area contributed by atoms with Crippen LogP contribution in [0.1, 0.15) is 56.2 Å². The van der Waals surface area contributed by atoms with E-state index in [1.165, 1.54) is 43.4 Å². The highest BCUT2D eigenvalue weighted by Gasteiger charge is 2.24. The molecule has 114 valence electrons. The molecule has 1 aromatic heterocycles. The fraction of sp³-hybridized carbons (Fsp3) is 0.812. The van der Waals surface area contributed by atoms with Gasteiger partial charge in [-0.3, -0.25) is 5.10 Å². The molecule has 1 fully saturated rings. The summed E-state index contributed by atoms with van der Waals surface area (Å²) in [5.74, 6) is 1.66. The number of aromatic amines is 1. The molecular formula is C16H30N4. The summed E-state index contributed by atoms with van der Waals surface area (Å²) in [4.78, 5) is 2.36. The molecule has 1 heterocycles. The SMILES string of the molecule is CCC1CCC(c2[nH]ncc2CN(C)CCNC)CC1. The molecule has 0 atom stereocenters. The van der Waals surface area contributed by atoms with Gasteiger partial charge in [-0.05, 0) is 45.7 Å². The van der Waals surface area contributed by atoms with Gasteiger partial charge in [0.05, 0.1) is 6.20 Å². The smallest absolute Gasteiger partial charge is 0.0535 e. The fourth-order valence-electron chi connectivity index (χ4n) is 3.33. The Hall–Kier alpha value is -0.870. The quantitative estimate of drug-likeness (QED) is 0.806. The minimum Gasteiger partial charge on any atom is -0.318 e. The van der Waals surface area contributed by atoms with E-state index in [0.29, 0.717) is 5.92 Å². The summed E-state index contributed by atoms with van der Waals surface area (Å²) in [6.45, 7) is 5.43. The minimum atomic E-state index is 0.702. The lowest BCUT2D eigenvalue weighted by Crippen LogP contribution is -2.27. The van der Waals surface area contributed by atoms with E-state index in [0.717, 1.165) is 25.6 Å². The average Bonchev–Trinajstić information content (AvgIpc) is 2.93. The van der Waals surface area contributed by atoms with Gasteiger partial charge in [-0.15, -0.1) is 0 Å². The number of hydrogen-bond acceptors (Lipinski definition) is 3. The number of nitrogens with zero attached hydrogens (tertiary/aromatic N) is 2. The maximum Gasteiger partial charge on any atom is 0.0535 e. The molecule has 0 unspecified atom stereocenters. The zero-order valence-corrected chi connectivity index (χ0v) is 13.3. The maximum absolute atomic E-state index is 4.30. The second-order valence-electron chi connectivity index (χ2n) is 6.28. The molecule has 2 N–H and O–H groups in total. The van der Waals surface area contributed by atoms with Crippen LogP contribution in [-0.4, -0.2) is 42.3 Å². The molecule has 20 heavy (non-hydrogen) atoms. The highest BCUT2D eigenvalue weighted by Crippen LogP contribution is 2.37. The van der Waals surface area contributed by atoms with Crippen LogP contribution in [0.25, 0.3) is 0 Å². The Morgan fingerprint density at radius 3 is 2.75 bits per heavy atom. The molecule has 0 spiro atoms. The molecule has 4 nitrogen and oxygen atoms in total. The molecule has 0 radical (unpaired) electrons. The molecule has 0 aliphatic heterocycles. The van der Waals surface area contributed by atoms with E-state index in [4.69, 9.17) is 0 Å². The summed E-state index contributed by atoms with van der Waals surface area (Å²) < 4.78 is 0. The lowest BCUT2D eigenvalue weighted by molar-refractivity contribution is 0.306. The van der Waals surface area contributed by atoms with Crippen molar-refractivity contribution >= 4 is 0 Å². The Labute approximate surface area is 123 Å². The van der Waals surface area contributed by atoms with Gasteiger partial charge >= 0.3 is 0 Å². The van der Waals surface area contributed by atoms with E-state index in [1.807, 2.05) is 13.2 Å². The van der Waals surface area contributed by atoms with Gasteiger partial charge in [-0.25, -0.2) is 0 Å². The van der Waals surface area contributed by atoms with Crippen LogP contribution in [0.4, 0.5) is 0 Å². The van der Waals surface area contributed by atoms with Crippen LogP contribution < -0.4 is 5.32 Å². The van der Waals surface area contributed by atoms with Crippen LogP contribution in [0, 0.1) is 5.92 Å². The molecule has 1 saturated carbocycles. The van der Waals surface area contributed by atoms with E-state index in [-0.39, 0.29) is 0 Å². The van der Waals surface area contributed by atoms with Crippen molar-refractivity contribution < 1.29 is 0 Å². The zero-order chi connectivity index (χ0) is 14.4. The van der Waals surface area contributed by atoms with Crippen LogP contribution in [0.15, 0.2) is 6.20 Å². The van der Waals surface area contributed by atoms with Crippen molar-refractivity contribution in [2.24, 2.45) is 5.92 Å². The van der Waals surface area contributed by atoms with E-state index in [2.05, 4.69) is 34.4 Å². The predicted molar refractivity (Wildman–Crippen MR) is 83.8 cm³/mol. The summed E-state index contributed by atoms with van der Waals surface area (Å²) in [5, 5.41) is 10.8. The van der Waals surface area contributed by atoms with Crippen LogP contribution in [0.5, 0.6) is 0 Å².